The first-order valence-corrected chi connectivity index (χ1v) is 5.15. The lowest BCUT2D eigenvalue weighted by molar-refractivity contribution is -0.137. The molecule has 1 rings (SSSR count). The van der Waals surface area contributed by atoms with Gasteiger partial charge in [0.2, 0.25) is 0 Å². The second-order valence-electron chi connectivity index (χ2n) is 3.95. The van der Waals surface area contributed by atoms with Gasteiger partial charge in [-0.15, -0.1) is 0 Å². The predicted molar refractivity (Wildman–Crippen MR) is 58.3 cm³/mol. The van der Waals surface area contributed by atoms with Gasteiger partial charge in [-0.25, -0.2) is 4.79 Å². The van der Waals surface area contributed by atoms with Gasteiger partial charge in [0.1, 0.15) is 11.2 Å². The van der Waals surface area contributed by atoms with Crippen LogP contribution in [0.5, 0.6) is 0 Å². The van der Waals surface area contributed by atoms with E-state index < -0.39 is 17.2 Å². The van der Waals surface area contributed by atoms with Crippen molar-refractivity contribution in [1.29, 1.82) is 5.26 Å². The summed E-state index contributed by atoms with van der Waals surface area (Å²) in [6.45, 7) is 5.05. The van der Waals surface area contributed by atoms with Crippen LogP contribution in [0.4, 0.5) is 0 Å². The first-order chi connectivity index (χ1) is 7.92. The molecule has 0 spiro atoms. The molecule has 0 aromatic carbocycles. The van der Waals surface area contributed by atoms with E-state index in [-0.39, 0.29) is 12.4 Å². The smallest absolute Gasteiger partial charge is 0.383 e. The highest BCUT2D eigenvalue weighted by Crippen LogP contribution is 2.24. The van der Waals surface area contributed by atoms with Crippen molar-refractivity contribution in [2.24, 2.45) is 0 Å². The lowest BCUT2D eigenvalue weighted by Crippen LogP contribution is -2.17. The molecule has 0 saturated heterocycles. The van der Waals surface area contributed by atoms with Gasteiger partial charge in [0.15, 0.2) is 5.76 Å². The lowest BCUT2D eigenvalue weighted by atomic mass is 9.93. The van der Waals surface area contributed by atoms with E-state index in [0.717, 1.165) is 0 Å². The summed E-state index contributed by atoms with van der Waals surface area (Å²) in [6, 6.07) is 4.92. The van der Waals surface area contributed by atoms with E-state index in [9.17, 15) is 9.59 Å². The van der Waals surface area contributed by atoms with E-state index in [4.69, 9.17) is 9.68 Å². The number of furan rings is 1. The molecular formula is C12H13NO4. The molecule has 0 amide bonds. The normalized spacial score (nSPS) is 10.7. The van der Waals surface area contributed by atoms with Gasteiger partial charge in [0.05, 0.1) is 12.7 Å². The Balaban J connectivity index is 2.93. The summed E-state index contributed by atoms with van der Waals surface area (Å²) in [5, 5.41) is 8.90. The van der Waals surface area contributed by atoms with Crippen molar-refractivity contribution in [2.75, 3.05) is 6.61 Å². The zero-order valence-corrected chi connectivity index (χ0v) is 9.94. The Labute approximate surface area is 99.0 Å². The summed E-state index contributed by atoms with van der Waals surface area (Å²) < 4.78 is 9.76. The Morgan fingerprint density at radius 3 is 2.65 bits per heavy atom. The molecule has 0 aliphatic rings. The maximum absolute atomic E-state index is 11.5. The summed E-state index contributed by atoms with van der Waals surface area (Å²) >= 11 is 0. The van der Waals surface area contributed by atoms with Crippen molar-refractivity contribution in [3.63, 3.8) is 0 Å². The fourth-order valence-corrected chi connectivity index (χ4v) is 1.15. The molecule has 1 aromatic rings. The third-order valence-corrected chi connectivity index (χ3v) is 2.19. The molecule has 0 aliphatic carbocycles. The van der Waals surface area contributed by atoms with Crippen molar-refractivity contribution in [3.8, 4) is 6.07 Å². The topological polar surface area (TPSA) is 80.3 Å². The van der Waals surface area contributed by atoms with E-state index in [2.05, 4.69) is 4.74 Å². The molecule has 0 radical (unpaired) electrons. The molecular weight excluding hydrogens is 222 g/mol. The number of ether oxygens (including phenoxy) is 1. The van der Waals surface area contributed by atoms with Crippen LogP contribution in [0.1, 0.15) is 37.1 Å². The molecule has 5 heteroatoms. The number of hydrogen-bond acceptors (Lipinski definition) is 5. The molecule has 0 unspecified atom stereocenters. The molecule has 17 heavy (non-hydrogen) atoms. The Bertz CT molecular complexity index is 479. The monoisotopic (exact) mass is 235 g/mol. The summed E-state index contributed by atoms with van der Waals surface area (Å²) in [5.41, 5.74) is -0.840. The summed E-state index contributed by atoms with van der Waals surface area (Å²) in [6.07, 6.45) is 0. The highest BCUT2D eigenvalue weighted by Gasteiger charge is 2.27. The van der Waals surface area contributed by atoms with Crippen molar-refractivity contribution in [3.05, 3.63) is 23.7 Å². The number of nitrogens with zero attached hydrogens (tertiary/aromatic N) is 1. The van der Waals surface area contributed by atoms with Gasteiger partial charge in [-0.05, 0) is 32.9 Å². The maximum Gasteiger partial charge on any atom is 0.383 e. The minimum absolute atomic E-state index is 0.109. The van der Waals surface area contributed by atoms with E-state index >= 15 is 0 Å². The Morgan fingerprint density at radius 1 is 1.47 bits per heavy atom. The van der Waals surface area contributed by atoms with Crippen molar-refractivity contribution >= 4 is 11.8 Å². The van der Waals surface area contributed by atoms with Crippen LogP contribution in [0.25, 0.3) is 0 Å². The highest BCUT2D eigenvalue weighted by molar-refractivity contribution is 6.39. The van der Waals surface area contributed by atoms with Crippen LogP contribution in [0.3, 0.4) is 0 Å². The molecule has 0 bridgehead atoms. The van der Waals surface area contributed by atoms with Gasteiger partial charge in [-0.2, -0.15) is 5.26 Å². The first-order valence-electron chi connectivity index (χ1n) is 5.15. The molecule has 1 heterocycles. The van der Waals surface area contributed by atoms with Crippen LogP contribution >= 0.6 is 0 Å². The average molecular weight is 235 g/mol. The Kier molecular flexibility index (Phi) is 3.69. The standard InChI is InChI=1S/C12H13NO4/c1-4-16-11(15)10(14)8-5-6-9(17-8)12(2,3)7-13/h5-6H,4H2,1-3H3. The van der Waals surface area contributed by atoms with Crippen molar-refractivity contribution < 1.29 is 18.7 Å². The summed E-state index contributed by atoms with van der Waals surface area (Å²) in [4.78, 5) is 22.7. The second kappa shape index (κ2) is 4.83. The number of nitriles is 1. The quantitative estimate of drug-likeness (QED) is 0.451. The van der Waals surface area contributed by atoms with Crippen LogP contribution in [0, 0.1) is 11.3 Å². The molecule has 90 valence electrons. The van der Waals surface area contributed by atoms with Crippen LogP contribution in [0.15, 0.2) is 16.5 Å². The number of carbonyl (C=O) groups is 2. The van der Waals surface area contributed by atoms with Gasteiger partial charge in [0.25, 0.3) is 0 Å². The fraction of sp³-hybridized carbons (Fsp3) is 0.417. The lowest BCUT2D eigenvalue weighted by Gasteiger charge is -2.10. The van der Waals surface area contributed by atoms with Gasteiger partial charge in [-0.1, -0.05) is 0 Å². The van der Waals surface area contributed by atoms with Crippen molar-refractivity contribution in [2.45, 2.75) is 26.2 Å². The van der Waals surface area contributed by atoms with E-state index in [0.29, 0.717) is 5.76 Å². The number of hydrogen-bond donors (Lipinski definition) is 0. The number of esters is 1. The zero-order chi connectivity index (χ0) is 13.1. The molecule has 0 fully saturated rings. The first kappa shape index (κ1) is 13.0. The Hall–Kier alpha value is -2.09. The van der Waals surface area contributed by atoms with Crippen LogP contribution in [0.2, 0.25) is 0 Å². The minimum Gasteiger partial charge on any atom is -0.460 e. The van der Waals surface area contributed by atoms with Crippen molar-refractivity contribution in [1.82, 2.24) is 0 Å². The van der Waals surface area contributed by atoms with Gasteiger partial charge in [-0.3, -0.25) is 4.79 Å². The number of ketones is 1. The van der Waals surface area contributed by atoms with Gasteiger partial charge >= 0.3 is 11.8 Å². The molecule has 5 nitrogen and oxygen atoms in total. The predicted octanol–water partition coefficient (Wildman–Crippen LogP) is 1.83. The number of carbonyl (C=O) groups excluding carboxylic acids is 2. The molecule has 0 saturated carbocycles. The minimum atomic E-state index is -0.955. The van der Waals surface area contributed by atoms with Crippen LogP contribution in [-0.4, -0.2) is 18.4 Å². The fourth-order valence-electron chi connectivity index (χ4n) is 1.15. The molecule has 1 aromatic heterocycles. The molecule has 0 N–H and O–H groups in total. The second-order valence-corrected chi connectivity index (χ2v) is 3.95. The summed E-state index contributed by atoms with van der Waals surface area (Å²) in [7, 11) is 0. The van der Waals surface area contributed by atoms with Gasteiger partial charge in [0, 0.05) is 0 Å². The zero-order valence-electron chi connectivity index (χ0n) is 9.94. The van der Waals surface area contributed by atoms with Crippen LogP contribution < -0.4 is 0 Å². The maximum atomic E-state index is 11.5. The summed E-state index contributed by atoms with van der Waals surface area (Å²) in [5.74, 6) is -1.57. The molecule has 0 aliphatic heterocycles. The largest absolute Gasteiger partial charge is 0.460 e. The average Bonchev–Trinajstić information content (AvgIpc) is 2.78. The third kappa shape index (κ3) is 2.72. The highest BCUT2D eigenvalue weighted by atomic mass is 16.5. The van der Waals surface area contributed by atoms with Gasteiger partial charge < -0.3 is 9.15 Å². The number of rotatable bonds is 4. The van der Waals surface area contributed by atoms with E-state index in [1.54, 1.807) is 20.8 Å². The third-order valence-electron chi connectivity index (χ3n) is 2.19. The van der Waals surface area contributed by atoms with Crippen LogP contribution in [-0.2, 0) is 14.9 Å². The SMILES string of the molecule is CCOC(=O)C(=O)c1ccc(C(C)(C)C#N)o1. The molecule has 0 atom stereocenters. The van der Waals surface area contributed by atoms with E-state index in [1.165, 1.54) is 12.1 Å². The Morgan fingerprint density at radius 2 is 2.12 bits per heavy atom. The number of Topliss-reactive ketones (excluding diaryl/α,β-unsaturated/α-hetero) is 1. The van der Waals surface area contributed by atoms with E-state index in [1.807, 2.05) is 6.07 Å².